The summed E-state index contributed by atoms with van der Waals surface area (Å²) in [7, 11) is 0. The molecule has 0 bridgehead atoms. The van der Waals surface area contributed by atoms with Gasteiger partial charge in [0.1, 0.15) is 6.61 Å². The molecule has 11 heavy (non-hydrogen) atoms. The van der Waals surface area contributed by atoms with Gasteiger partial charge in [-0.1, -0.05) is 20.8 Å². The van der Waals surface area contributed by atoms with Crippen molar-refractivity contribution in [2.24, 2.45) is 10.9 Å². The number of hydrogen-bond acceptors (Lipinski definition) is 2. The van der Waals surface area contributed by atoms with E-state index >= 15 is 0 Å². The van der Waals surface area contributed by atoms with E-state index in [2.05, 4.69) is 25.8 Å². The molecule has 1 rings (SSSR count). The molecule has 0 aliphatic carbocycles. The Morgan fingerprint density at radius 1 is 1.64 bits per heavy atom. The van der Waals surface area contributed by atoms with E-state index in [1.165, 1.54) is 0 Å². The van der Waals surface area contributed by atoms with Crippen LogP contribution in [0.3, 0.4) is 0 Å². The minimum atomic E-state index is 0.413. The highest BCUT2D eigenvalue weighted by molar-refractivity contribution is 5.77. The minimum Gasteiger partial charge on any atom is -0.479 e. The fourth-order valence-corrected chi connectivity index (χ4v) is 1.13. The molecule has 1 heterocycles. The molecule has 1 atom stereocenters. The molecule has 0 amide bonds. The molecule has 1 aliphatic rings. The van der Waals surface area contributed by atoms with Crippen LogP contribution in [0.25, 0.3) is 0 Å². The Hall–Kier alpha value is -0.530. The predicted octanol–water partition coefficient (Wildman–Crippen LogP) is 2.24. The van der Waals surface area contributed by atoms with Gasteiger partial charge in [0.2, 0.25) is 0 Å². The zero-order chi connectivity index (χ0) is 8.27. The molecule has 0 saturated heterocycles. The van der Waals surface area contributed by atoms with Crippen LogP contribution < -0.4 is 0 Å². The summed E-state index contributed by atoms with van der Waals surface area (Å²) in [5, 5.41) is 0. The summed E-state index contributed by atoms with van der Waals surface area (Å²) < 4.78 is 5.42. The fourth-order valence-electron chi connectivity index (χ4n) is 1.13. The van der Waals surface area contributed by atoms with E-state index in [1.807, 2.05) is 0 Å². The van der Waals surface area contributed by atoms with Crippen LogP contribution in [-0.2, 0) is 4.74 Å². The van der Waals surface area contributed by atoms with Crippen molar-refractivity contribution < 1.29 is 4.74 Å². The van der Waals surface area contributed by atoms with Gasteiger partial charge in [0.05, 0.1) is 6.04 Å². The molecule has 0 aromatic rings. The molecule has 0 N–H and O–H groups in total. The maximum absolute atomic E-state index is 5.42. The maximum atomic E-state index is 5.42. The van der Waals surface area contributed by atoms with Crippen molar-refractivity contribution in [3.63, 3.8) is 0 Å². The van der Waals surface area contributed by atoms with Crippen molar-refractivity contribution in [2.75, 3.05) is 6.61 Å². The first-order chi connectivity index (χ1) is 5.24. The molecular weight excluding hydrogens is 138 g/mol. The Morgan fingerprint density at radius 2 is 2.36 bits per heavy atom. The third-order valence-electron chi connectivity index (χ3n) is 1.96. The summed E-state index contributed by atoms with van der Waals surface area (Å²) in [6.45, 7) is 7.32. The third-order valence-corrected chi connectivity index (χ3v) is 1.96. The van der Waals surface area contributed by atoms with Crippen molar-refractivity contribution in [1.82, 2.24) is 0 Å². The summed E-state index contributed by atoms with van der Waals surface area (Å²) in [5.74, 6) is 1.58. The molecule has 0 unspecified atom stereocenters. The van der Waals surface area contributed by atoms with Crippen molar-refractivity contribution in [2.45, 2.75) is 39.7 Å². The number of aliphatic imine (C=N–C) groups is 1. The second-order valence-electron chi connectivity index (χ2n) is 3.40. The SMILES string of the molecule is CCCC1=N[C@@H](C(C)C)CO1. The highest BCUT2D eigenvalue weighted by Gasteiger charge is 2.20. The summed E-state index contributed by atoms with van der Waals surface area (Å²) >= 11 is 0. The Balaban J connectivity index is 2.40. The lowest BCUT2D eigenvalue weighted by molar-refractivity contribution is 0.285. The number of nitrogens with zero attached hydrogens (tertiary/aromatic N) is 1. The van der Waals surface area contributed by atoms with Gasteiger partial charge in [-0.25, -0.2) is 4.99 Å². The van der Waals surface area contributed by atoms with E-state index in [-0.39, 0.29) is 0 Å². The zero-order valence-electron chi connectivity index (χ0n) is 7.63. The Bertz CT molecular complexity index is 152. The van der Waals surface area contributed by atoms with Crippen LogP contribution in [0.2, 0.25) is 0 Å². The molecule has 0 spiro atoms. The van der Waals surface area contributed by atoms with Crippen LogP contribution in [0.15, 0.2) is 4.99 Å². The van der Waals surface area contributed by atoms with E-state index < -0.39 is 0 Å². The lowest BCUT2D eigenvalue weighted by Crippen LogP contribution is -2.13. The van der Waals surface area contributed by atoms with Gasteiger partial charge in [-0.3, -0.25) is 0 Å². The highest BCUT2D eigenvalue weighted by Crippen LogP contribution is 2.15. The van der Waals surface area contributed by atoms with E-state index in [1.54, 1.807) is 0 Å². The highest BCUT2D eigenvalue weighted by atomic mass is 16.5. The molecule has 2 nitrogen and oxygen atoms in total. The van der Waals surface area contributed by atoms with Crippen molar-refractivity contribution in [3.05, 3.63) is 0 Å². The minimum absolute atomic E-state index is 0.413. The predicted molar refractivity (Wildman–Crippen MR) is 46.9 cm³/mol. The second-order valence-corrected chi connectivity index (χ2v) is 3.40. The Labute approximate surface area is 68.7 Å². The summed E-state index contributed by atoms with van der Waals surface area (Å²) in [6, 6.07) is 0.413. The van der Waals surface area contributed by atoms with E-state index in [4.69, 9.17) is 4.74 Å². The summed E-state index contributed by atoms with van der Waals surface area (Å²) in [4.78, 5) is 4.47. The van der Waals surface area contributed by atoms with Crippen LogP contribution in [0.1, 0.15) is 33.6 Å². The lowest BCUT2D eigenvalue weighted by atomic mass is 10.1. The zero-order valence-corrected chi connectivity index (χ0v) is 7.63. The van der Waals surface area contributed by atoms with Gasteiger partial charge in [-0.05, 0) is 12.3 Å². The largest absolute Gasteiger partial charge is 0.479 e. The standard InChI is InChI=1S/C9H17NO/c1-4-5-9-10-8(6-11-9)7(2)3/h7-8H,4-6H2,1-3H3/t8-/m1/s1. The quantitative estimate of drug-likeness (QED) is 0.612. The van der Waals surface area contributed by atoms with Crippen molar-refractivity contribution in [1.29, 1.82) is 0 Å². The van der Waals surface area contributed by atoms with Crippen LogP contribution in [0.5, 0.6) is 0 Å². The fraction of sp³-hybridized carbons (Fsp3) is 0.889. The van der Waals surface area contributed by atoms with E-state index in [0.29, 0.717) is 12.0 Å². The lowest BCUT2D eigenvalue weighted by Gasteiger charge is -2.06. The van der Waals surface area contributed by atoms with Crippen molar-refractivity contribution in [3.8, 4) is 0 Å². The number of hydrogen-bond donors (Lipinski definition) is 0. The Morgan fingerprint density at radius 3 is 2.82 bits per heavy atom. The van der Waals surface area contributed by atoms with Gasteiger partial charge >= 0.3 is 0 Å². The molecule has 0 radical (unpaired) electrons. The molecule has 0 aromatic heterocycles. The second kappa shape index (κ2) is 3.74. The number of ether oxygens (including phenoxy) is 1. The van der Waals surface area contributed by atoms with Crippen LogP contribution >= 0.6 is 0 Å². The monoisotopic (exact) mass is 155 g/mol. The van der Waals surface area contributed by atoms with Gasteiger partial charge < -0.3 is 4.74 Å². The first-order valence-corrected chi connectivity index (χ1v) is 4.43. The average Bonchev–Trinajstić information content (AvgIpc) is 2.37. The Kier molecular flexibility index (Phi) is 2.92. The first kappa shape index (κ1) is 8.57. The van der Waals surface area contributed by atoms with Gasteiger partial charge in [0, 0.05) is 6.42 Å². The molecule has 1 aliphatic heterocycles. The molecule has 0 fully saturated rings. The molecule has 0 aromatic carbocycles. The maximum Gasteiger partial charge on any atom is 0.183 e. The third kappa shape index (κ3) is 2.21. The van der Waals surface area contributed by atoms with Gasteiger partial charge in [0.25, 0.3) is 0 Å². The van der Waals surface area contributed by atoms with Crippen LogP contribution in [-0.4, -0.2) is 18.5 Å². The van der Waals surface area contributed by atoms with E-state index in [0.717, 1.165) is 25.3 Å². The first-order valence-electron chi connectivity index (χ1n) is 4.43. The molecule has 64 valence electrons. The van der Waals surface area contributed by atoms with Crippen LogP contribution in [0.4, 0.5) is 0 Å². The summed E-state index contributed by atoms with van der Waals surface area (Å²) in [6.07, 6.45) is 2.13. The topological polar surface area (TPSA) is 21.6 Å². The van der Waals surface area contributed by atoms with Crippen molar-refractivity contribution >= 4 is 5.90 Å². The van der Waals surface area contributed by atoms with E-state index in [9.17, 15) is 0 Å². The van der Waals surface area contributed by atoms with Gasteiger partial charge in [-0.2, -0.15) is 0 Å². The average molecular weight is 155 g/mol. The normalized spacial score (nSPS) is 23.6. The molecule has 2 heteroatoms. The van der Waals surface area contributed by atoms with Crippen LogP contribution in [0, 0.1) is 5.92 Å². The van der Waals surface area contributed by atoms with Gasteiger partial charge in [0.15, 0.2) is 5.90 Å². The molecule has 0 saturated carbocycles. The summed E-state index contributed by atoms with van der Waals surface area (Å²) in [5.41, 5.74) is 0. The smallest absolute Gasteiger partial charge is 0.183 e. The van der Waals surface area contributed by atoms with Gasteiger partial charge in [-0.15, -0.1) is 0 Å². The number of rotatable bonds is 3. The molecular formula is C9H17NO.